The predicted octanol–water partition coefficient (Wildman–Crippen LogP) is 1.19. The standard InChI is InChI=1S/C12H14N4O2S/c1-2-13-8-3-4-10(14-5-8)11(17)15-6-9-7-19-12(18)16-9/h3-5,7,13H,2,6H2,1H3,(H,15,17)(H,16,18). The molecule has 0 aliphatic carbocycles. The molecule has 0 aliphatic rings. The molecule has 2 rings (SSSR count). The number of hydrogen-bond donors (Lipinski definition) is 3. The normalized spacial score (nSPS) is 10.2. The number of carbonyl (C=O) groups is 1. The lowest BCUT2D eigenvalue weighted by atomic mass is 10.3. The van der Waals surface area contributed by atoms with E-state index in [0.29, 0.717) is 11.4 Å². The highest BCUT2D eigenvalue weighted by atomic mass is 32.1. The topological polar surface area (TPSA) is 86.9 Å². The zero-order chi connectivity index (χ0) is 13.7. The lowest BCUT2D eigenvalue weighted by Crippen LogP contribution is -2.24. The van der Waals surface area contributed by atoms with Crippen LogP contribution in [0.15, 0.2) is 28.5 Å². The summed E-state index contributed by atoms with van der Waals surface area (Å²) in [5.41, 5.74) is 1.91. The number of pyridine rings is 1. The van der Waals surface area contributed by atoms with Crippen molar-refractivity contribution in [2.75, 3.05) is 11.9 Å². The Hall–Kier alpha value is -2.15. The van der Waals surface area contributed by atoms with Crippen LogP contribution >= 0.6 is 11.3 Å². The minimum Gasteiger partial charge on any atom is -0.384 e. The average molecular weight is 278 g/mol. The molecule has 3 N–H and O–H groups in total. The van der Waals surface area contributed by atoms with Crippen molar-refractivity contribution in [1.82, 2.24) is 15.3 Å². The van der Waals surface area contributed by atoms with Gasteiger partial charge in [-0.25, -0.2) is 4.98 Å². The second-order valence-electron chi connectivity index (χ2n) is 3.82. The van der Waals surface area contributed by atoms with E-state index in [4.69, 9.17) is 0 Å². The van der Waals surface area contributed by atoms with Gasteiger partial charge in [0.1, 0.15) is 5.69 Å². The van der Waals surface area contributed by atoms with Crippen LogP contribution in [0.4, 0.5) is 5.69 Å². The maximum absolute atomic E-state index is 11.8. The molecule has 19 heavy (non-hydrogen) atoms. The molecule has 0 bridgehead atoms. The van der Waals surface area contributed by atoms with E-state index < -0.39 is 0 Å². The Morgan fingerprint density at radius 2 is 2.32 bits per heavy atom. The molecule has 1 amide bonds. The highest BCUT2D eigenvalue weighted by Gasteiger charge is 2.07. The van der Waals surface area contributed by atoms with E-state index in [1.54, 1.807) is 23.7 Å². The number of hydrogen-bond acceptors (Lipinski definition) is 5. The molecule has 0 saturated heterocycles. The second-order valence-corrected chi connectivity index (χ2v) is 4.66. The summed E-state index contributed by atoms with van der Waals surface area (Å²) in [6, 6.07) is 3.46. The Morgan fingerprint density at radius 3 is 2.89 bits per heavy atom. The van der Waals surface area contributed by atoms with Gasteiger partial charge in [0.2, 0.25) is 0 Å². The molecule has 6 nitrogen and oxygen atoms in total. The zero-order valence-electron chi connectivity index (χ0n) is 10.4. The third-order valence-corrected chi connectivity index (χ3v) is 3.11. The van der Waals surface area contributed by atoms with Crippen LogP contribution in [0, 0.1) is 0 Å². The molecule has 2 aromatic heterocycles. The SMILES string of the molecule is CCNc1ccc(C(=O)NCc2csc(=O)[nH]2)nc1. The highest BCUT2D eigenvalue weighted by Crippen LogP contribution is 2.05. The summed E-state index contributed by atoms with van der Waals surface area (Å²) in [6.07, 6.45) is 1.62. The monoisotopic (exact) mass is 278 g/mol. The minimum absolute atomic E-state index is 0.127. The molecule has 0 unspecified atom stereocenters. The van der Waals surface area contributed by atoms with Crippen molar-refractivity contribution >= 4 is 22.9 Å². The van der Waals surface area contributed by atoms with Crippen LogP contribution in [-0.4, -0.2) is 22.4 Å². The Labute approximate surface area is 113 Å². The van der Waals surface area contributed by atoms with Gasteiger partial charge in [0, 0.05) is 17.6 Å². The number of aromatic nitrogens is 2. The van der Waals surface area contributed by atoms with E-state index in [9.17, 15) is 9.59 Å². The van der Waals surface area contributed by atoms with Crippen LogP contribution in [0.25, 0.3) is 0 Å². The molecule has 2 aromatic rings. The maximum Gasteiger partial charge on any atom is 0.304 e. The smallest absolute Gasteiger partial charge is 0.304 e. The Morgan fingerprint density at radius 1 is 1.47 bits per heavy atom. The van der Waals surface area contributed by atoms with Crippen LogP contribution in [-0.2, 0) is 6.54 Å². The number of nitrogens with zero attached hydrogens (tertiary/aromatic N) is 1. The summed E-state index contributed by atoms with van der Waals surface area (Å²) in [5.74, 6) is -0.268. The van der Waals surface area contributed by atoms with Crippen molar-refractivity contribution in [3.8, 4) is 0 Å². The van der Waals surface area contributed by atoms with E-state index in [-0.39, 0.29) is 17.3 Å². The molecular weight excluding hydrogens is 264 g/mol. The lowest BCUT2D eigenvalue weighted by molar-refractivity contribution is 0.0945. The van der Waals surface area contributed by atoms with Crippen LogP contribution < -0.4 is 15.5 Å². The first kappa shape index (κ1) is 13.3. The van der Waals surface area contributed by atoms with Gasteiger partial charge < -0.3 is 15.6 Å². The van der Waals surface area contributed by atoms with E-state index in [2.05, 4.69) is 20.6 Å². The van der Waals surface area contributed by atoms with Crippen LogP contribution in [0.1, 0.15) is 23.1 Å². The fraction of sp³-hybridized carbons (Fsp3) is 0.250. The number of aromatic amines is 1. The van der Waals surface area contributed by atoms with Crippen LogP contribution in [0.5, 0.6) is 0 Å². The fourth-order valence-electron chi connectivity index (χ4n) is 1.50. The first-order chi connectivity index (χ1) is 9.19. The highest BCUT2D eigenvalue weighted by molar-refractivity contribution is 7.07. The van der Waals surface area contributed by atoms with Gasteiger partial charge in [0.15, 0.2) is 0 Å². The van der Waals surface area contributed by atoms with Gasteiger partial charge in [0.25, 0.3) is 5.91 Å². The van der Waals surface area contributed by atoms with E-state index in [1.165, 1.54) is 0 Å². The summed E-state index contributed by atoms with van der Waals surface area (Å²) in [4.78, 5) is 29.3. The molecule has 0 atom stereocenters. The van der Waals surface area contributed by atoms with Crippen molar-refractivity contribution in [3.63, 3.8) is 0 Å². The number of rotatable bonds is 5. The molecular formula is C12H14N4O2S. The van der Waals surface area contributed by atoms with Crippen molar-refractivity contribution in [3.05, 3.63) is 44.8 Å². The minimum atomic E-state index is -0.268. The van der Waals surface area contributed by atoms with Gasteiger partial charge in [0.05, 0.1) is 18.4 Å². The summed E-state index contributed by atoms with van der Waals surface area (Å²) in [5, 5.41) is 7.48. The molecule has 0 radical (unpaired) electrons. The fourth-order valence-corrected chi connectivity index (χ4v) is 2.09. The number of anilines is 1. The van der Waals surface area contributed by atoms with Gasteiger partial charge in [-0.2, -0.15) is 0 Å². The lowest BCUT2D eigenvalue weighted by Gasteiger charge is -2.05. The van der Waals surface area contributed by atoms with Gasteiger partial charge in [-0.1, -0.05) is 11.3 Å². The van der Waals surface area contributed by atoms with Crippen molar-refractivity contribution in [2.45, 2.75) is 13.5 Å². The second kappa shape index (κ2) is 6.14. The van der Waals surface area contributed by atoms with E-state index in [0.717, 1.165) is 23.6 Å². The van der Waals surface area contributed by atoms with Crippen LogP contribution in [0.3, 0.4) is 0 Å². The Balaban J connectivity index is 1.94. The third-order valence-electron chi connectivity index (χ3n) is 2.39. The molecule has 0 fully saturated rings. The van der Waals surface area contributed by atoms with Gasteiger partial charge >= 0.3 is 4.87 Å². The molecule has 7 heteroatoms. The molecule has 0 spiro atoms. The third kappa shape index (κ3) is 3.65. The first-order valence-corrected chi connectivity index (χ1v) is 6.72. The molecule has 0 aromatic carbocycles. The maximum atomic E-state index is 11.8. The van der Waals surface area contributed by atoms with Crippen molar-refractivity contribution < 1.29 is 4.79 Å². The molecule has 0 aliphatic heterocycles. The van der Waals surface area contributed by atoms with E-state index >= 15 is 0 Å². The summed E-state index contributed by atoms with van der Waals surface area (Å²) >= 11 is 1.07. The average Bonchev–Trinajstić information content (AvgIpc) is 2.83. The molecule has 100 valence electrons. The number of amides is 1. The van der Waals surface area contributed by atoms with Gasteiger partial charge in [-0.05, 0) is 19.1 Å². The van der Waals surface area contributed by atoms with Gasteiger partial charge in [-0.3, -0.25) is 9.59 Å². The summed E-state index contributed by atoms with van der Waals surface area (Å²) in [6.45, 7) is 3.08. The Kier molecular flexibility index (Phi) is 4.30. The summed E-state index contributed by atoms with van der Waals surface area (Å²) < 4.78 is 0. The van der Waals surface area contributed by atoms with Crippen LogP contribution in [0.2, 0.25) is 0 Å². The molecule has 2 heterocycles. The number of nitrogens with one attached hydrogen (secondary N) is 3. The number of H-pyrrole nitrogens is 1. The predicted molar refractivity (Wildman–Crippen MR) is 74.5 cm³/mol. The zero-order valence-corrected chi connectivity index (χ0v) is 11.2. The van der Waals surface area contributed by atoms with E-state index in [1.807, 2.05) is 6.92 Å². The Bertz CT molecular complexity index is 603. The molecule has 0 saturated carbocycles. The number of thiazole rings is 1. The first-order valence-electron chi connectivity index (χ1n) is 5.84. The van der Waals surface area contributed by atoms with Crippen molar-refractivity contribution in [1.29, 1.82) is 0 Å². The number of carbonyl (C=O) groups excluding carboxylic acids is 1. The largest absolute Gasteiger partial charge is 0.384 e. The quantitative estimate of drug-likeness (QED) is 0.767. The van der Waals surface area contributed by atoms with Crippen molar-refractivity contribution in [2.24, 2.45) is 0 Å². The van der Waals surface area contributed by atoms with Gasteiger partial charge in [-0.15, -0.1) is 0 Å². The summed E-state index contributed by atoms with van der Waals surface area (Å²) in [7, 11) is 0.